The molecule has 2 aromatic carbocycles. The fourth-order valence-corrected chi connectivity index (χ4v) is 3.91. The van der Waals surface area contributed by atoms with E-state index in [4.69, 9.17) is 21.1 Å². The largest absolute Gasteiger partial charge is 0.477 e. The van der Waals surface area contributed by atoms with Gasteiger partial charge >= 0.3 is 5.97 Å². The van der Waals surface area contributed by atoms with Crippen molar-refractivity contribution in [1.82, 2.24) is 0 Å². The third-order valence-electron chi connectivity index (χ3n) is 5.34. The highest BCUT2D eigenvalue weighted by molar-refractivity contribution is 6.30. The Morgan fingerprint density at radius 2 is 1.90 bits per heavy atom. The number of halogens is 1. The molecule has 2 atom stereocenters. The minimum atomic E-state index is -0.724. The number of carbonyl (C=O) groups excluding carboxylic acids is 1. The SMILES string of the molecule is CCOC(=O)C(C)Oc1cc2c(cc1NC[C@H](O)c1cccc(Cl)c1)CCCCC2. The van der Waals surface area contributed by atoms with E-state index in [0.717, 1.165) is 36.9 Å². The summed E-state index contributed by atoms with van der Waals surface area (Å²) >= 11 is 6.04. The van der Waals surface area contributed by atoms with Crippen LogP contribution in [0.5, 0.6) is 5.75 Å². The molecule has 0 amide bonds. The van der Waals surface area contributed by atoms with Crippen LogP contribution >= 0.6 is 11.6 Å². The van der Waals surface area contributed by atoms with Crippen molar-refractivity contribution in [3.05, 3.63) is 58.1 Å². The van der Waals surface area contributed by atoms with Gasteiger partial charge in [0.25, 0.3) is 0 Å². The van der Waals surface area contributed by atoms with Crippen LogP contribution in [-0.4, -0.2) is 30.3 Å². The lowest BCUT2D eigenvalue weighted by Crippen LogP contribution is -2.26. The van der Waals surface area contributed by atoms with Gasteiger partial charge in [0.15, 0.2) is 6.10 Å². The second-order valence-electron chi connectivity index (χ2n) is 7.64. The van der Waals surface area contributed by atoms with Gasteiger partial charge in [-0.1, -0.05) is 30.2 Å². The number of aliphatic hydroxyl groups is 1. The van der Waals surface area contributed by atoms with Crippen molar-refractivity contribution >= 4 is 23.3 Å². The molecule has 0 bridgehead atoms. The average molecular weight is 432 g/mol. The molecule has 0 aromatic heterocycles. The highest BCUT2D eigenvalue weighted by Gasteiger charge is 2.20. The Balaban J connectivity index is 1.81. The molecular weight excluding hydrogens is 402 g/mol. The Kier molecular flexibility index (Phi) is 8.00. The van der Waals surface area contributed by atoms with Gasteiger partial charge in [0.1, 0.15) is 5.75 Å². The third kappa shape index (κ3) is 5.89. The van der Waals surface area contributed by atoms with Crippen LogP contribution < -0.4 is 10.1 Å². The van der Waals surface area contributed by atoms with Crippen LogP contribution in [0.4, 0.5) is 5.69 Å². The van der Waals surface area contributed by atoms with Crippen LogP contribution in [-0.2, 0) is 22.4 Å². The molecule has 0 saturated heterocycles. The molecule has 0 radical (unpaired) electrons. The third-order valence-corrected chi connectivity index (χ3v) is 5.57. The summed E-state index contributed by atoms with van der Waals surface area (Å²) in [4.78, 5) is 12.1. The molecule has 162 valence electrons. The molecule has 5 nitrogen and oxygen atoms in total. The lowest BCUT2D eigenvalue weighted by atomic mass is 10.0. The minimum Gasteiger partial charge on any atom is -0.477 e. The summed E-state index contributed by atoms with van der Waals surface area (Å²) in [6.45, 7) is 4.07. The Hall–Kier alpha value is -2.24. The number of carbonyl (C=O) groups is 1. The zero-order valence-electron chi connectivity index (χ0n) is 17.6. The Morgan fingerprint density at radius 3 is 2.60 bits per heavy atom. The van der Waals surface area contributed by atoms with E-state index in [0.29, 0.717) is 23.9 Å². The smallest absolute Gasteiger partial charge is 0.347 e. The predicted octanol–water partition coefficient (Wildman–Crippen LogP) is 5.08. The summed E-state index contributed by atoms with van der Waals surface area (Å²) in [5.74, 6) is 0.215. The number of benzene rings is 2. The number of fused-ring (bicyclic) bond motifs is 1. The van der Waals surface area contributed by atoms with Crippen LogP contribution in [0, 0.1) is 0 Å². The number of anilines is 1. The maximum Gasteiger partial charge on any atom is 0.347 e. The second kappa shape index (κ2) is 10.7. The van der Waals surface area contributed by atoms with E-state index in [2.05, 4.69) is 11.4 Å². The van der Waals surface area contributed by atoms with E-state index in [-0.39, 0.29) is 0 Å². The van der Waals surface area contributed by atoms with Crippen LogP contribution in [0.2, 0.25) is 5.02 Å². The number of aryl methyl sites for hydroxylation is 2. The van der Waals surface area contributed by atoms with Gasteiger partial charge in [0.2, 0.25) is 0 Å². The first-order valence-electron chi connectivity index (χ1n) is 10.6. The molecule has 30 heavy (non-hydrogen) atoms. The van der Waals surface area contributed by atoms with Gasteiger partial charge in [-0.3, -0.25) is 0 Å². The molecule has 0 saturated carbocycles. The van der Waals surface area contributed by atoms with Crippen molar-refractivity contribution in [2.75, 3.05) is 18.5 Å². The number of esters is 1. The first-order chi connectivity index (χ1) is 14.5. The fourth-order valence-electron chi connectivity index (χ4n) is 3.71. The summed E-state index contributed by atoms with van der Waals surface area (Å²) in [7, 11) is 0. The van der Waals surface area contributed by atoms with Crippen molar-refractivity contribution < 1.29 is 19.4 Å². The highest BCUT2D eigenvalue weighted by Crippen LogP contribution is 2.33. The average Bonchev–Trinajstić information content (AvgIpc) is 2.96. The summed E-state index contributed by atoms with van der Waals surface area (Å²) in [5, 5.41) is 14.5. The molecule has 1 aliphatic carbocycles. The summed E-state index contributed by atoms with van der Waals surface area (Å²) in [6, 6.07) is 11.3. The first-order valence-corrected chi connectivity index (χ1v) is 11.0. The van der Waals surface area contributed by atoms with Crippen molar-refractivity contribution in [1.29, 1.82) is 0 Å². The Labute approximate surface area is 183 Å². The Bertz CT molecular complexity index is 870. The zero-order chi connectivity index (χ0) is 21.5. The van der Waals surface area contributed by atoms with Gasteiger partial charge in [0.05, 0.1) is 18.4 Å². The van der Waals surface area contributed by atoms with Crippen LogP contribution in [0.15, 0.2) is 36.4 Å². The molecule has 2 N–H and O–H groups in total. The van der Waals surface area contributed by atoms with E-state index < -0.39 is 18.2 Å². The standard InChI is InChI=1S/C24H30ClNO4/c1-3-29-24(28)16(2)30-23-14-18-9-6-4-5-8-17(18)13-21(23)26-15-22(27)19-10-7-11-20(25)12-19/h7,10-14,16,22,26-27H,3-6,8-9,15H2,1-2H3/t16?,22-/m0/s1. The van der Waals surface area contributed by atoms with E-state index in [1.54, 1.807) is 26.0 Å². The lowest BCUT2D eigenvalue weighted by Gasteiger charge is -2.21. The summed E-state index contributed by atoms with van der Waals surface area (Å²) in [5.41, 5.74) is 4.07. The summed E-state index contributed by atoms with van der Waals surface area (Å²) in [6.07, 6.45) is 4.11. The molecule has 3 rings (SSSR count). The molecule has 0 aliphatic heterocycles. The maximum absolute atomic E-state index is 12.1. The molecule has 0 fully saturated rings. The van der Waals surface area contributed by atoms with Gasteiger partial charge in [-0.05, 0) is 80.5 Å². The molecule has 0 spiro atoms. The number of hydrogen-bond acceptors (Lipinski definition) is 5. The van der Waals surface area contributed by atoms with Crippen LogP contribution in [0.25, 0.3) is 0 Å². The lowest BCUT2D eigenvalue weighted by molar-refractivity contribution is -0.150. The first kappa shape index (κ1) is 22.4. The number of aliphatic hydroxyl groups excluding tert-OH is 1. The molecule has 0 heterocycles. The van der Waals surface area contributed by atoms with Gasteiger partial charge in [-0.15, -0.1) is 0 Å². The monoisotopic (exact) mass is 431 g/mol. The number of hydrogen-bond donors (Lipinski definition) is 2. The quantitative estimate of drug-likeness (QED) is 0.450. The molecular formula is C24H30ClNO4. The number of ether oxygens (including phenoxy) is 2. The fraction of sp³-hybridized carbons (Fsp3) is 0.458. The Morgan fingerprint density at radius 1 is 1.17 bits per heavy atom. The molecule has 1 unspecified atom stereocenters. The van der Waals surface area contributed by atoms with Crippen molar-refractivity contribution in [3.8, 4) is 5.75 Å². The topological polar surface area (TPSA) is 67.8 Å². The molecule has 6 heteroatoms. The van der Waals surface area contributed by atoms with Gasteiger partial charge in [0, 0.05) is 11.6 Å². The highest BCUT2D eigenvalue weighted by atomic mass is 35.5. The maximum atomic E-state index is 12.1. The molecule has 2 aromatic rings. The van der Waals surface area contributed by atoms with Gasteiger partial charge < -0.3 is 19.9 Å². The second-order valence-corrected chi connectivity index (χ2v) is 8.08. The number of nitrogens with one attached hydrogen (secondary N) is 1. The van der Waals surface area contributed by atoms with E-state index in [9.17, 15) is 9.90 Å². The summed E-state index contributed by atoms with van der Waals surface area (Å²) < 4.78 is 11.1. The van der Waals surface area contributed by atoms with Crippen molar-refractivity contribution in [2.24, 2.45) is 0 Å². The zero-order valence-corrected chi connectivity index (χ0v) is 18.4. The minimum absolute atomic E-state index is 0.295. The van der Waals surface area contributed by atoms with Crippen LogP contribution in [0.1, 0.15) is 55.9 Å². The predicted molar refractivity (Wildman–Crippen MR) is 119 cm³/mol. The molecule has 1 aliphatic rings. The van der Waals surface area contributed by atoms with Gasteiger partial charge in [-0.25, -0.2) is 4.79 Å². The van der Waals surface area contributed by atoms with E-state index >= 15 is 0 Å². The van der Waals surface area contributed by atoms with Crippen molar-refractivity contribution in [2.45, 2.75) is 58.2 Å². The van der Waals surface area contributed by atoms with Gasteiger partial charge in [-0.2, -0.15) is 0 Å². The number of rotatable bonds is 8. The van der Waals surface area contributed by atoms with E-state index in [1.165, 1.54) is 17.5 Å². The van der Waals surface area contributed by atoms with Crippen molar-refractivity contribution in [3.63, 3.8) is 0 Å². The van der Waals surface area contributed by atoms with E-state index in [1.807, 2.05) is 18.2 Å². The van der Waals surface area contributed by atoms with Crippen LogP contribution in [0.3, 0.4) is 0 Å². The normalized spacial score (nSPS) is 15.5.